The van der Waals surface area contributed by atoms with Crippen molar-refractivity contribution in [2.45, 2.75) is 0 Å². The molecule has 46 valence electrons. The number of nitrogens with two attached hydrogens (primary N) is 2. The van der Waals surface area contributed by atoms with Gasteiger partial charge in [-0.05, 0) is 0 Å². The van der Waals surface area contributed by atoms with Gasteiger partial charge in [0, 0.05) is 7.05 Å². The van der Waals surface area contributed by atoms with Crippen LogP contribution in [0.5, 0.6) is 0 Å². The molecule has 0 aromatic heterocycles. The number of rotatable bonds is 2. The largest absolute Gasteiger partial charge is 0.383 e. The molecule has 8 heavy (non-hydrogen) atoms. The number of hydrogen-bond donors (Lipinski definition) is 2. The highest BCUT2D eigenvalue weighted by Gasteiger charge is 1.76. The molecule has 0 aliphatic carbocycles. The Morgan fingerprint density at radius 1 is 1.75 bits per heavy atom. The van der Waals surface area contributed by atoms with Gasteiger partial charge in [-0.3, -0.25) is 0 Å². The zero-order valence-corrected chi connectivity index (χ0v) is 4.70. The van der Waals surface area contributed by atoms with E-state index in [1.807, 2.05) is 0 Å². The lowest BCUT2D eigenvalue weighted by Crippen LogP contribution is -2.18. The lowest BCUT2D eigenvalue weighted by molar-refractivity contribution is 0.344. The van der Waals surface area contributed by atoms with Crippen molar-refractivity contribution in [1.82, 2.24) is 5.12 Å². The zero-order valence-electron chi connectivity index (χ0n) is 4.70. The normalized spacial score (nSPS) is 9.75. The first-order chi connectivity index (χ1) is 3.63. The standard InChI is InChI=1S/C3H9N5/c1-3(4)6-7-8(2)5/h1,4-5H2,2H3/b7-6-. The number of nitrogens with zero attached hydrogens (tertiary/aromatic N) is 3. The fraction of sp³-hybridized carbons (Fsp3) is 0.333. The SMILES string of the molecule is C=C(N)/N=N\N(C)N. The van der Waals surface area contributed by atoms with Crippen molar-refractivity contribution in [1.29, 1.82) is 0 Å². The minimum Gasteiger partial charge on any atom is -0.383 e. The van der Waals surface area contributed by atoms with E-state index in [1.165, 1.54) is 7.05 Å². The Morgan fingerprint density at radius 3 is 2.38 bits per heavy atom. The van der Waals surface area contributed by atoms with Crippen LogP contribution in [0.2, 0.25) is 0 Å². The molecule has 0 saturated heterocycles. The molecule has 0 radical (unpaired) electrons. The van der Waals surface area contributed by atoms with Crippen molar-refractivity contribution >= 4 is 0 Å². The van der Waals surface area contributed by atoms with Gasteiger partial charge < -0.3 is 5.73 Å². The highest BCUT2D eigenvalue weighted by atomic mass is 15.7. The van der Waals surface area contributed by atoms with Crippen LogP contribution in [0.4, 0.5) is 0 Å². The van der Waals surface area contributed by atoms with Crippen molar-refractivity contribution in [2.24, 2.45) is 21.9 Å². The van der Waals surface area contributed by atoms with Crippen molar-refractivity contribution < 1.29 is 0 Å². The average Bonchev–Trinajstić information content (AvgIpc) is 1.61. The maximum atomic E-state index is 5.02. The summed E-state index contributed by atoms with van der Waals surface area (Å²) in [4.78, 5) is 0. The second-order valence-corrected chi connectivity index (χ2v) is 1.25. The van der Waals surface area contributed by atoms with Gasteiger partial charge in [-0.25, -0.2) is 11.0 Å². The van der Waals surface area contributed by atoms with Crippen molar-refractivity contribution in [3.63, 3.8) is 0 Å². The van der Waals surface area contributed by atoms with Gasteiger partial charge in [-0.15, -0.1) is 5.11 Å². The van der Waals surface area contributed by atoms with Crippen molar-refractivity contribution in [3.05, 3.63) is 12.4 Å². The van der Waals surface area contributed by atoms with E-state index < -0.39 is 0 Å². The molecule has 0 amide bonds. The number of hydrogen-bond acceptors (Lipinski definition) is 4. The van der Waals surface area contributed by atoms with E-state index in [9.17, 15) is 0 Å². The molecular weight excluding hydrogens is 106 g/mol. The molecule has 5 nitrogen and oxygen atoms in total. The highest BCUT2D eigenvalue weighted by Crippen LogP contribution is 1.80. The minimum absolute atomic E-state index is 0.141. The first kappa shape index (κ1) is 6.90. The van der Waals surface area contributed by atoms with Crippen LogP contribution in [0, 0.1) is 0 Å². The highest BCUT2D eigenvalue weighted by molar-refractivity contribution is 4.78. The van der Waals surface area contributed by atoms with Crippen LogP contribution in [-0.2, 0) is 0 Å². The fourth-order valence-electron chi connectivity index (χ4n) is 0.128. The summed E-state index contributed by atoms with van der Waals surface area (Å²) in [7, 11) is 1.53. The van der Waals surface area contributed by atoms with Crippen LogP contribution in [0.25, 0.3) is 0 Å². The van der Waals surface area contributed by atoms with Gasteiger partial charge in [0.15, 0.2) is 0 Å². The topological polar surface area (TPSA) is 80.0 Å². The molecule has 4 N–H and O–H groups in total. The van der Waals surface area contributed by atoms with Crippen molar-refractivity contribution in [3.8, 4) is 0 Å². The summed E-state index contributed by atoms with van der Waals surface area (Å²) < 4.78 is 0. The third kappa shape index (κ3) is 4.90. The summed E-state index contributed by atoms with van der Waals surface area (Å²) in [6.45, 7) is 3.26. The predicted octanol–water partition coefficient (Wildman–Crippen LogP) is -0.411. The van der Waals surface area contributed by atoms with Crippen LogP contribution >= 0.6 is 0 Å². The van der Waals surface area contributed by atoms with E-state index in [0.717, 1.165) is 5.12 Å². The van der Waals surface area contributed by atoms with Gasteiger partial charge in [0.2, 0.25) is 0 Å². The Balaban J connectivity index is 3.50. The van der Waals surface area contributed by atoms with Gasteiger partial charge >= 0.3 is 0 Å². The van der Waals surface area contributed by atoms with Gasteiger partial charge in [0.25, 0.3) is 0 Å². The predicted molar refractivity (Wildman–Crippen MR) is 30.1 cm³/mol. The Hall–Kier alpha value is -1.10. The van der Waals surface area contributed by atoms with Crippen LogP contribution in [0.3, 0.4) is 0 Å². The van der Waals surface area contributed by atoms with Crippen LogP contribution in [0.1, 0.15) is 0 Å². The van der Waals surface area contributed by atoms with E-state index in [0.29, 0.717) is 0 Å². The molecular formula is C3H9N5. The molecule has 0 fully saturated rings. The lowest BCUT2D eigenvalue weighted by atomic mass is 10.9. The van der Waals surface area contributed by atoms with E-state index in [1.54, 1.807) is 0 Å². The van der Waals surface area contributed by atoms with Gasteiger partial charge in [-0.2, -0.15) is 0 Å². The summed E-state index contributed by atoms with van der Waals surface area (Å²) in [6.07, 6.45) is 0. The first-order valence-electron chi connectivity index (χ1n) is 1.97. The summed E-state index contributed by atoms with van der Waals surface area (Å²) in [5, 5.41) is 7.71. The second-order valence-electron chi connectivity index (χ2n) is 1.25. The molecule has 0 rings (SSSR count). The van der Waals surface area contributed by atoms with E-state index in [4.69, 9.17) is 11.6 Å². The third-order valence-corrected chi connectivity index (χ3v) is 0.314. The average molecular weight is 115 g/mol. The van der Waals surface area contributed by atoms with Gasteiger partial charge in [0.05, 0.1) is 0 Å². The molecule has 0 aromatic carbocycles. The Kier molecular flexibility index (Phi) is 2.57. The Bertz CT molecular complexity index is 104. The molecule has 0 spiro atoms. The molecule has 0 unspecified atom stereocenters. The molecule has 0 aromatic rings. The van der Waals surface area contributed by atoms with Crippen LogP contribution in [0.15, 0.2) is 22.7 Å². The maximum absolute atomic E-state index is 5.02. The monoisotopic (exact) mass is 115 g/mol. The summed E-state index contributed by atoms with van der Waals surface area (Å²) in [6, 6.07) is 0. The first-order valence-corrected chi connectivity index (χ1v) is 1.97. The van der Waals surface area contributed by atoms with E-state index >= 15 is 0 Å². The molecule has 0 aliphatic rings. The van der Waals surface area contributed by atoms with Crippen LogP contribution < -0.4 is 11.6 Å². The summed E-state index contributed by atoms with van der Waals surface area (Å²) >= 11 is 0. The molecule has 0 heterocycles. The maximum Gasteiger partial charge on any atom is 0.140 e. The quantitative estimate of drug-likeness (QED) is 0.291. The second kappa shape index (κ2) is 2.98. The van der Waals surface area contributed by atoms with Crippen molar-refractivity contribution in [2.75, 3.05) is 7.05 Å². The molecule has 0 saturated carbocycles. The Labute approximate surface area is 47.6 Å². The third-order valence-electron chi connectivity index (χ3n) is 0.314. The Morgan fingerprint density at radius 2 is 2.25 bits per heavy atom. The van der Waals surface area contributed by atoms with Gasteiger partial charge in [0.1, 0.15) is 5.82 Å². The fourth-order valence-corrected chi connectivity index (χ4v) is 0.128. The van der Waals surface area contributed by atoms with Gasteiger partial charge in [-0.1, -0.05) is 11.8 Å². The lowest BCUT2D eigenvalue weighted by Gasteiger charge is -1.98. The molecule has 5 heteroatoms. The molecule has 0 aliphatic heterocycles. The van der Waals surface area contributed by atoms with Crippen LogP contribution in [-0.4, -0.2) is 12.2 Å². The summed E-state index contributed by atoms with van der Waals surface area (Å²) in [5.74, 6) is 5.16. The van der Waals surface area contributed by atoms with E-state index in [-0.39, 0.29) is 5.82 Å². The van der Waals surface area contributed by atoms with E-state index in [2.05, 4.69) is 16.9 Å². The summed E-state index contributed by atoms with van der Waals surface area (Å²) in [5.41, 5.74) is 5.00. The minimum atomic E-state index is 0.141. The smallest absolute Gasteiger partial charge is 0.140 e. The molecule has 0 atom stereocenters. The molecule has 0 bridgehead atoms. The number of hydrazine groups is 1. The zero-order chi connectivity index (χ0) is 6.57.